The number of carbonyl (C=O) groups excluding carboxylic acids is 1. The first kappa shape index (κ1) is 21.1. The molecule has 0 spiro atoms. The molecule has 1 aromatic carbocycles. The first-order valence-electron chi connectivity index (χ1n) is 9.35. The van der Waals surface area contributed by atoms with Crippen LogP contribution >= 0.6 is 0 Å². The fourth-order valence-electron chi connectivity index (χ4n) is 3.28. The van der Waals surface area contributed by atoms with Crippen molar-refractivity contribution in [1.29, 1.82) is 0 Å². The van der Waals surface area contributed by atoms with Crippen LogP contribution in [-0.2, 0) is 10.9 Å². The minimum atomic E-state index is -4.66. The molecule has 0 saturated carbocycles. The fraction of sp³-hybridized carbons (Fsp3) is 0.500. The van der Waals surface area contributed by atoms with Gasteiger partial charge in [0.1, 0.15) is 22.7 Å². The molecule has 3 rings (SSSR count). The molecular formula is C20H23F4N3O2. The van der Waals surface area contributed by atoms with E-state index in [0.717, 1.165) is 12.3 Å². The predicted molar refractivity (Wildman–Crippen MR) is 98.7 cm³/mol. The molecule has 9 heteroatoms. The normalized spacial score (nSPS) is 16.2. The summed E-state index contributed by atoms with van der Waals surface area (Å²) in [4.78, 5) is 13.7. The molecule has 1 aliphatic rings. The van der Waals surface area contributed by atoms with Crippen molar-refractivity contribution < 1.29 is 27.1 Å². The standard InChI is InChI=1S/C20H23F4N3O2/c1-19(2,3)29-18(28)26-10-8-13(9-11-26)27-12-15(20(22,23)24)17(25-27)14-6-4-5-7-16(14)21/h4-7,12-13H,8-11H2,1-3H3. The highest BCUT2D eigenvalue weighted by molar-refractivity contribution is 5.68. The molecule has 158 valence electrons. The number of hydrogen-bond acceptors (Lipinski definition) is 3. The zero-order valence-corrected chi connectivity index (χ0v) is 16.5. The van der Waals surface area contributed by atoms with Gasteiger partial charge >= 0.3 is 12.3 Å². The van der Waals surface area contributed by atoms with Crippen molar-refractivity contribution in [3.05, 3.63) is 41.8 Å². The molecule has 0 bridgehead atoms. The van der Waals surface area contributed by atoms with E-state index in [1.165, 1.54) is 27.8 Å². The smallest absolute Gasteiger partial charge is 0.420 e. The van der Waals surface area contributed by atoms with Crippen molar-refractivity contribution in [3.63, 3.8) is 0 Å². The lowest BCUT2D eigenvalue weighted by atomic mass is 10.1. The Balaban J connectivity index is 1.81. The summed E-state index contributed by atoms with van der Waals surface area (Å²) in [5.74, 6) is -0.761. The molecule has 1 saturated heterocycles. The number of amides is 1. The van der Waals surface area contributed by atoms with Crippen LogP contribution in [0.4, 0.5) is 22.4 Å². The summed E-state index contributed by atoms with van der Waals surface area (Å²) in [7, 11) is 0. The van der Waals surface area contributed by atoms with E-state index < -0.39 is 34.9 Å². The van der Waals surface area contributed by atoms with E-state index in [0.29, 0.717) is 25.9 Å². The summed E-state index contributed by atoms with van der Waals surface area (Å²) in [6, 6.07) is 4.94. The van der Waals surface area contributed by atoms with E-state index in [1.54, 1.807) is 20.8 Å². The molecule has 0 aliphatic carbocycles. The first-order valence-corrected chi connectivity index (χ1v) is 9.35. The zero-order chi connectivity index (χ0) is 21.4. The van der Waals surface area contributed by atoms with Crippen molar-refractivity contribution in [1.82, 2.24) is 14.7 Å². The Bertz CT molecular complexity index is 879. The van der Waals surface area contributed by atoms with Gasteiger partial charge in [-0.2, -0.15) is 18.3 Å². The van der Waals surface area contributed by atoms with Crippen LogP contribution in [0.15, 0.2) is 30.5 Å². The van der Waals surface area contributed by atoms with Gasteiger partial charge < -0.3 is 9.64 Å². The lowest BCUT2D eigenvalue weighted by molar-refractivity contribution is -0.137. The van der Waals surface area contributed by atoms with E-state index in [9.17, 15) is 22.4 Å². The lowest BCUT2D eigenvalue weighted by Gasteiger charge is -2.33. The number of rotatable bonds is 2. The Labute approximate surface area is 166 Å². The predicted octanol–water partition coefficient (Wildman–Crippen LogP) is 5.28. The monoisotopic (exact) mass is 413 g/mol. The van der Waals surface area contributed by atoms with Crippen LogP contribution < -0.4 is 0 Å². The molecule has 2 aromatic rings. The minimum Gasteiger partial charge on any atom is -0.444 e. The van der Waals surface area contributed by atoms with Gasteiger partial charge in [-0.3, -0.25) is 4.68 Å². The first-order chi connectivity index (χ1) is 13.5. The number of alkyl halides is 3. The summed E-state index contributed by atoms with van der Waals surface area (Å²) in [6.45, 7) is 5.99. The van der Waals surface area contributed by atoms with E-state index in [2.05, 4.69) is 5.10 Å². The van der Waals surface area contributed by atoms with Gasteiger partial charge in [0.15, 0.2) is 0 Å². The van der Waals surface area contributed by atoms with E-state index in [4.69, 9.17) is 4.74 Å². The van der Waals surface area contributed by atoms with Gasteiger partial charge in [-0.25, -0.2) is 9.18 Å². The molecule has 0 atom stereocenters. The SMILES string of the molecule is CC(C)(C)OC(=O)N1CCC(n2cc(C(F)(F)F)c(-c3ccccc3F)n2)CC1. The van der Waals surface area contributed by atoms with Gasteiger partial charge in [-0.15, -0.1) is 0 Å². The average Bonchev–Trinajstić information content (AvgIpc) is 3.06. The maximum Gasteiger partial charge on any atom is 0.420 e. The number of carbonyl (C=O) groups is 1. The molecule has 5 nitrogen and oxygen atoms in total. The minimum absolute atomic E-state index is 0.190. The Hall–Kier alpha value is -2.58. The molecule has 1 amide bonds. The number of likely N-dealkylation sites (tertiary alicyclic amines) is 1. The lowest BCUT2D eigenvalue weighted by Crippen LogP contribution is -2.42. The number of aromatic nitrogens is 2. The van der Waals surface area contributed by atoms with Gasteiger partial charge in [0.05, 0.1) is 6.04 Å². The number of piperidine rings is 1. The molecule has 0 N–H and O–H groups in total. The van der Waals surface area contributed by atoms with Gasteiger partial charge in [0.25, 0.3) is 0 Å². The summed E-state index contributed by atoms with van der Waals surface area (Å²) in [5.41, 5.74) is -2.21. The quantitative estimate of drug-likeness (QED) is 0.630. The third-order valence-electron chi connectivity index (χ3n) is 4.66. The highest BCUT2D eigenvalue weighted by Crippen LogP contribution is 2.38. The average molecular weight is 413 g/mol. The molecule has 1 fully saturated rings. The third kappa shape index (κ3) is 4.89. The second-order valence-corrected chi connectivity index (χ2v) is 8.05. The van der Waals surface area contributed by atoms with Crippen LogP contribution in [0.5, 0.6) is 0 Å². The summed E-state index contributed by atoms with van der Waals surface area (Å²) in [6.07, 6.45) is -3.33. The highest BCUT2D eigenvalue weighted by Gasteiger charge is 2.38. The Morgan fingerprint density at radius 2 is 1.76 bits per heavy atom. The molecule has 0 radical (unpaired) electrons. The topological polar surface area (TPSA) is 47.4 Å². The van der Waals surface area contributed by atoms with Gasteiger partial charge in [-0.1, -0.05) is 12.1 Å². The van der Waals surface area contributed by atoms with E-state index >= 15 is 0 Å². The van der Waals surface area contributed by atoms with Crippen LogP contribution in [0.1, 0.15) is 45.2 Å². The molecule has 0 unspecified atom stereocenters. The van der Waals surface area contributed by atoms with Gasteiger partial charge in [0, 0.05) is 24.8 Å². The number of ether oxygens (including phenoxy) is 1. The highest BCUT2D eigenvalue weighted by atomic mass is 19.4. The third-order valence-corrected chi connectivity index (χ3v) is 4.66. The van der Waals surface area contributed by atoms with Crippen molar-refractivity contribution in [2.75, 3.05) is 13.1 Å². The molecule has 2 heterocycles. The Morgan fingerprint density at radius 3 is 2.31 bits per heavy atom. The summed E-state index contributed by atoms with van der Waals surface area (Å²) >= 11 is 0. The second-order valence-electron chi connectivity index (χ2n) is 8.05. The van der Waals surface area contributed by atoms with Crippen LogP contribution in [-0.4, -0.2) is 39.5 Å². The number of benzene rings is 1. The molecule has 1 aromatic heterocycles. The number of hydrogen-bond donors (Lipinski definition) is 0. The Kier molecular flexibility index (Phi) is 5.60. The van der Waals surface area contributed by atoms with Crippen molar-refractivity contribution >= 4 is 6.09 Å². The molecule has 29 heavy (non-hydrogen) atoms. The fourth-order valence-corrected chi connectivity index (χ4v) is 3.28. The van der Waals surface area contributed by atoms with Crippen molar-refractivity contribution in [3.8, 4) is 11.3 Å². The number of nitrogens with zero attached hydrogens (tertiary/aromatic N) is 3. The Morgan fingerprint density at radius 1 is 1.14 bits per heavy atom. The molecule has 1 aliphatic heterocycles. The summed E-state index contributed by atoms with van der Waals surface area (Å²) in [5, 5.41) is 4.08. The van der Waals surface area contributed by atoms with Crippen LogP contribution in [0, 0.1) is 5.82 Å². The maximum atomic E-state index is 14.1. The van der Waals surface area contributed by atoms with E-state index in [-0.39, 0.29) is 11.6 Å². The molecular weight excluding hydrogens is 390 g/mol. The van der Waals surface area contributed by atoms with Crippen LogP contribution in [0.25, 0.3) is 11.3 Å². The van der Waals surface area contributed by atoms with Gasteiger partial charge in [-0.05, 0) is 45.7 Å². The second kappa shape index (κ2) is 7.68. The van der Waals surface area contributed by atoms with Crippen LogP contribution in [0.3, 0.4) is 0 Å². The number of halogens is 4. The summed E-state index contributed by atoms with van der Waals surface area (Å²) < 4.78 is 61.3. The van der Waals surface area contributed by atoms with Gasteiger partial charge in [0.2, 0.25) is 0 Å². The van der Waals surface area contributed by atoms with Crippen molar-refractivity contribution in [2.24, 2.45) is 0 Å². The van der Waals surface area contributed by atoms with Crippen molar-refractivity contribution in [2.45, 2.75) is 51.4 Å². The maximum absolute atomic E-state index is 14.1. The van der Waals surface area contributed by atoms with E-state index in [1.807, 2.05) is 0 Å². The largest absolute Gasteiger partial charge is 0.444 e. The zero-order valence-electron chi connectivity index (χ0n) is 16.5. The van der Waals surface area contributed by atoms with Crippen LogP contribution in [0.2, 0.25) is 0 Å².